The topological polar surface area (TPSA) is 101 Å². The maximum atomic E-state index is 14.2. The van der Waals surface area contributed by atoms with Gasteiger partial charge in [0.1, 0.15) is 22.4 Å². The first-order valence-electron chi connectivity index (χ1n) is 14.0. The summed E-state index contributed by atoms with van der Waals surface area (Å²) < 4.78 is 12.6. The van der Waals surface area contributed by atoms with Crippen LogP contribution in [0.4, 0.5) is 10.5 Å². The Kier molecular flexibility index (Phi) is 8.06. The molecule has 4 aromatic rings. The largest absolute Gasteiger partial charge is 0.497 e. The number of pyridine rings is 2. The van der Waals surface area contributed by atoms with Crippen LogP contribution in [-0.2, 0) is 11.3 Å². The summed E-state index contributed by atoms with van der Waals surface area (Å²) >= 11 is 1.39. The van der Waals surface area contributed by atoms with E-state index in [1.807, 2.05) is 76.4 Å². The number of carbonyl (C=O) groups excluding carboxylic acids is 1. The molecule has 42 heavy (non-hydrogen) atoms. The van der Waals surface area contributed by atoms with Gasteiger partial charge in [-0.2, -0.15) is 5.26 Å². The maximum Gasteiger partial charge on any atom is 0.410 e. The first-order chi connectivity index (χ1) is 20.1. The van der Waals surface area contributed by atoms with Crippen molar-refractivity contribution in [2.75, 3.05) is 44.4 Å². The van der Waals surface area contributed by atoms with E-state index in [2.05, 4.69) is 11.0 Å². The van der Waals surface area contributed by atoms with Crippen LogP contribution < -0.4 is 15.2 Å². The van der Waals surface area contributed by atoms with E-state index in [1.54, 1.807) is 16.6 Å². The highest BCUT2D eigenvalue weighted by atomic mass is 32.2. The van der Waals surface area contributed by atoms with E-state index >= 15 is 0 Å². The van der Waals surface area contributed by atoms with Crippen LogP contribution in [0.15, 0.2) is 52.3 Å². The van der Waals surface area contributed by atoms with E-state index in [1.165, 1.54) is 11.8 Å². The number of piperazine rings is 1. The molecule has 3 heterocycles. The Morgan fingerprint density at radius 3 is 2.33 bits per heavy atom. The second kappa shape index (κ2) is 11.6. The molecule has 0 atom stereocenters. The monoisotopic (exact) mass is 585 g/mol. The molecule has 0 aliphatic carbocycles. The van der Waals surface area contributed by atoms with Crippen LogP contribution >= 0.6 is 11.8 Å². The van der Waals surface area contributed by atoms with E-state index in [4.69, 9.17) is 14.5 Å². The molecule has 218 valence electrons. The number of carbonyl (C=O) groups is 1. The number of nitrogens with zero attached hydrogens (tertiary/aromatic N) is 5. The number of fused-ring (bicyclic) bond motifs is 3. The highest BCUT2D eigenvalue weighted by Crippen LogP contribution is 2.37. The molecule has 2 aromatic heterocycles. The van der Waals surface area contributed by atoms with Gasteiger partial charge in [-0.1, -0.05) is 6.07 Å². The molecule has 0 saturated carbocycles. The van der Waals surface area contributed by atoms with Crippen molar-refractivity contribution in [2.45, 2.75) is 44.9 Å². The summed E-state index contributed by atoms with van der Waals surface area (Å²) in [5, 5.41) is 12.7. The predicted molar refractivity (Wildman–Crippen MR) is 168 cm³/mol. The van der Waals surface area contributed by atoms with Gasteiger partial charge in [0.15, 0.2) is 0 Å². The Hall–Kier alpha value is -4.23. The zero-order chi connectivity index (χ0) is 30.2. The molecule has 0 bridgehead atoms. The summed E-state index contributed by atoms with van der Waals surface area (Å²) in [6.45, 7) is 10.3. The Morgan fingerprint density at radius 1 is 1.07 bits per heavy atom. The first-order valence-corrected chi connectivity index (χ1v) is 15.2. The number of rotatable bonds is 5. The molecular formula is C32H35N5O4S. The van der Waals surface area contributed by atoms with Crippen LogP contribution in [0.5, 0.6) is 5.75 Å². The minimum atomic E-state index is -0.541. The fraction of sp³-hybridized carbons (Fsp3) is 0.375. The molecule has 0 radical (unpaired) electrons. The molecular weight excluding hydrogens is 550 g/mol. The number of ether oxygens (including phenoxy) is 2. The van der Waals surface area contributed by atoms with Crippen LogP contribution in [0, 0.1) is 11.3 Å². The lowest BCUT2D eigenvalue weighted by atomic mass is 9.98. The number of methoxy groups -OCH3 is 1. The lowest BCUT2D eigenvalue weighted by Gasteiger charge is -2.37. The van der Waals surface area contributed by atoms with Crippen molar-refractivity contribution in [1.82, 2.24) is 14.5 Å². The predicted octanol–water partition coefficient (Wildman–Crippen LogP) is 5.90. The number of benzene rings is 2. The molecule has 0 N–H and O–H groups in total. The normalized spacial score (nSPS) is 13.8. The van der Waals surface area contributed by atoms with Gasteiger partial charge >= 0.3 is 6.09 Å². The zero-order valence-electron chi connectivity index (χ0n) is 24.9. The third-order valence-corrected chi connectivity index (χ3v) is 8.13. The lowest BCUT2D eigenvalue weighted by Crippen LogP contribution is -2.50. The molecule has 1 saturated heterocycles. The first kappa shape index (κ1) is 29.3. The van der Waals surface area contributed by atoms with Gasteiger partial charge < -0.3 is 23.8 Å². The van der Waals surface area contributed by atoms with Gasteiger partial charge in [-0.3, -0.25) is 4.79 Å². The maximum absolute atomic E-state index is 14.2. The van der Waals surface area contributed by atoms with Crippen LogP contribution in [0.3, 0.4) is 0 Å². The number of aromatic nitrogens is 2. The van der Waals surface area contributed by atoms with E-state index in [0.29, 0.717) is 65.5 Å². The standard InChI is InChI=1S/C32H35N5O4S/c1-7-37-25-18-21(35-14-16-36(17-15-35)31(39)41-32(2,3)4)10-13-23(25)26-24(19-33)29(42-6)34-28(27(26)30(37)38)20-8-11-22(40-5)12-9-20/h8-13,18H,7,14-17H2,1-6H3. The number of amides is 1. The Labute approximate surface area is 249 Å². The molecule has 9 nitrogen and oxygen atoms in total. The van der Waals surface area contributed by atoms with E-state index in [9.17, 15) is 14.9 Å². The third-order valence-electron chi connectivity index (χ3n) is 7.45. The van der Waals surface area contributed by atoms with Crippen molar-refractivity contribution in [3.05, 3.63) is 58.4 Å². The van der Waals surface area contributed by atoms with Gasteiger partial charge in [-0.15, -0.1) is 11.8 Å². The summed E-state index contributed by atoms with van der Waals surface area (Å²) in [5.41, 5.74) is 2.72. The van der Waals surface area contributed by atoms with Crippen molar-refractivity contribution in [1.29, 1.82) is 5.26 Å². The van der Waals surface area contributed by atoms with E-state index in [0.717, 1.165) is 22.2 Å². The van der Waals surface area contributed by atoms with Crippen molar-refractivity contribution in [3.63, 3.8) is 0 Å². The SMILES string of the molecule is CCn1c(=O)c2c(-c3ccc(OC)cc3)nc(SC)c(C#N)c2c2ccc(N3CCN(C(=O)OC(C)(C)C)CC3)cc21. The van der Waals surface area contributed by atoms with Crippen LogP contribution in [0.1, 0.15) is 33.3 Å². The summed E-state index contributed by atoms with van der Waals surface area (Å²) in [6, 6.07) is 15.9. The number of anilines is 1. The third kappa shape index (κ3) is 5.37. The quantitative estimate of drug-likeness (QED) is 0.211. The fourth-order valence-electron chi connectivity index (χ4n) is 5.43. The van der Waals surface area contributed by atoms with Crippen molar-refractivity contribution in [2.24, 2.45) is 0 Å². The number of hydrogen-bond acceptors (Lipinski definition) is 8. The van der Waals surface area contributed by atoms with Crippen molar-refractivity contribution < 1.29 is 14.3 Å². The van der Waals surface area contributed by atoms with E-state index < -0.39 is 5.60 Å². The second-order valence-corrected chi connectivity index (χ2v) is 11.9. The molecule has 10 heteroatoms. The lowest BCUT2D eigenvalue weighted by molar-refractivity contribution is 0.0240. The van der Waals surface area contributed by atoms with Gasteiger partial charge in [-0.05, 0) is 70.3 Å². The summed E-state index contributed by atoms with van der Waals surface area (Å²) in [4.78, 5) is 35.5. The molecule has 0 spiro atoms. The van der Waals surface area contributed by atoms with Crippen LogP contribution in [0.25, 0.3) is 32.9 Å². The molecule has 5 rings (SSSR count). The molecule has 1 amide bonds. The molecule has 0 unspecified atom stereocenters. The van der Waals surface area contributed by atoms with Gasteiger partial charge in [0.25, 0.3) is 5.56 Å². The van der Waals surface area contributed by atoms with Gasteiger partial charge in [0, 0.05) is 54.7 Å². The number of aryl methyl sites for hydroxylation is 1. The Bertz CT molecular complexity index is 1760. The minimum absolute atomic E-state index is 0.186. The molecule has 1 fully saturated rings. The summed E-state index contributed by atoms with van der Waals surface area (Å²) in [6.07, 6.45) is 1.58. The average Bonchev–Trinajstić information content (AvgIpc) is 2.99. The highest BCUT2D eigenvalue weighted by molar-refractivity contribution is 7.98. The Balaban J connectivity index is 1.64. The number of thioether (sulfide) groups is 1. The molecule has 1 aliphatic heterocycles. The fourth-order valence-corrected chi connectivity index (χ4v) is 5.97. The molecule has 2 aromatic carbocycles. The van der Waals surface area contributed by atoms with Crippen molar-refractivity contribution in [3.8, 4) is 23.1 Å². The van der Waals surface area contributed by atoms with Gasteiger partial charge in [0.05, 0.1) is 29.3 Å². The summed E-state index contributed by atoms with van der Waals surface area (Å²) in [5.74, 6) is 0.706. The van der Waals surface area contributed by atoms with Gasteiger partial charge in [-0.25, -0.2) is 9.78 Å². The molecule has 1 aliphatic rings. The number of nitriles is 1. The van der Waals surface area contributed by atoms with Crippen molar-refractivity contribution >= 4 is 45.2 Å². The van der Waals surface area contributed by atoms with Crippen LogP contribution in [0.2, 0.25) is 0 Å². The Morgan fingerprint density at radius 2 is 1.76 bits per heavy atom. The highest BCUT2D eigenvalue weighted by Gasteiger charge is 2.27. The summed E-state index contributed by atoms with van der Waals surface area (Å²) in [7, 11) is 1.61. The minimum Gasteiger partial charge on any atom is -0.497 e. The second-order valence-electron chi connectivity index (χ2n) is 11.1. The smallest absolute Gasteiger partial charge is 0.410 e. The zero-order valence-corrected chi connectivity index (χ0v) is 25.7. The average molecular weight is 586 g/mol. The number of hydrogen-bond donors (Lipinski definition) is 0. The van der Waals surface area contributed by atoms with Gasteiger partial charge in [0.2, 0.25) is 0 Å². The van der Waals surface area contributed by atoms with Crippen LogP contribution in [-0.4, -0.2) is 65.7 Å². The van der Waals surface area contributed by atoms with E-state index in [-0.39, 0.29) is 11.7 Å².